The number of benzene rings is 1. The highest BCUT2D eigenvalue weighted by Crippen LogP contribution is 2.20. The number of carbonyl (C=O) groups is 1. The lowest BCUT2D eigenvalue weighted by Gasteiger charge is -2.09. The van der Waals surface area contributed by atoms with Gasteiger partial charge in [0.1, 0.15) is 0 Å². The van der Waals surface area contributed by atoms with Crippen LogP contribution in [-0.4, -0.2) is 21.6 Å². The predicted molar refractivity (Wildman–Crippen MR) is 95.8 cm³/mol. The van der Waals surface area contributed by atoms with Gasteiger partial charge in [-0.05, 0) is 37.5 Å². The number of aryl methyl sites for hydroxylation is 1. The maximum atomic E-state index is 12.7. The molecule has 0 atom stereocenters. The van der Waals surface area contributed by atoms with Crippen molar-refractivity contribution < 1.29 is 13.6 Å². The third kappa shape index (κ3) is 7.05. The number of nitrogens with one attached hydrogen (secondary N) is 1. The number of hydrogen-bond donors (Lipinski definition) is 1. The number of unbranched alkanes of at least 4 members (excludes halogenated alkanes) is 1. The molecule has 7 heteroatoms. The number of alkyl halides is 2. The van der Waals surface area contributed by atoms with E-state index in [1.165, 1.54) is 6.08 Å². The molecular weight excluding hydrogens is 348 g/mol. The third-order valence-electron chi connectivity index (χ3n) is 3.46. The van der Waals surface area contributed by atoms with E-state index in [4.69, 9.17) is 11.6 Å². The summed E-state index contributed by atoms with van der Waals surface area (Å²) in [5, 5.41) is 7.40. The standard InChI is InChI=1S/C18H20ClF2N3O/c1-18(20,21)11-4-5-12-24-13-10-16(23-24)22-17(25)9-8-14-6-2-3-7-15(14)19/h2-3,6-10,13H,4-5,11-12H2,1H3,(H,22,23,25). The molecule has 1 aromatic carbocycles. The second kappa shape index (κ2) is 8.76. The van der Waals surface area contributed by atoms with E-state index < -0.39 is 5.92 Å². The van der Waals surface area contributed by atoms with Gasteiger partial charge in [-0.2, -0.15) is 5.10 Å². The van der Waals surface area contributed by atoms with E-state index in [-0.39, 0.29) is 12.3 Å². The molecule has 1 amide bonds. The summed E-state index contributed by atoms with van der Waals surface area (Å²) in [6.07, 6.45) is 5.60. The highest BCUT2D eigenvalue weighted by molar-refractivity contribution is 6.32. The molecule has 25 heavy (non-hydrogen) atoms. The van der Waals surface area contributed by atoms with Crippen LogP contribution >= 0.6 is 11.6 Å². The number of amides is 1. The molecular formula is C18H20ClF2N3O. The summed E-state index contributed by atoms with van der Waals surface area (Å²) < 4.78 is 27.1. The largest absolute Gasteiger partial charge is 0.306 e. The molecule has 0 saturated heterocycles. The number of rotatable bonds is 8. The molecule has 2 rings (SSSR count). The molecule has 1 heterocycles. The molecule has 134 valence electrons. The van der Waals surface area contributed by atoms with Crippen LogP contribution in [0.15, 0.2) is 42.6 Å². The Morgan fingerprint density at radius 2 is 2.08 bits per heavy atom. The number of carbonyl (C=O) groups excluding carboxylic acids is 1. The van der Waals surface area contributed by atoms with Crippen molar-refractivity contribution in [3.05, 3.63) is 53.2 Å². The van der Waals surface area contributed by atoms with Crippen LogP contribution in [0.25, 0.3) is 6.08 Å². The van der Waals surface area contributed by atoms with Crippen molar-refractivity contribution in [2.24, 2.45) is 0 Å². The summed E-state index contributed by atoms with van der Waals surface area (Å²) in [5.74, 6) is -2.54. The molecule has 0 spiro atoms. The summed E-state index contributed by atoms with van der Waals surface area (Å²) in [4.78, 5) is 11.9. The Morgan fingerprint density at radius 1 is 1.32 bits per heavy atom. The second-order valence-corrected chi connectivity index (χ2v) is 6.24. The van der Waals surface area contributed by atoms with E-state index in [1.54, 1.807) is 35.2 Å². The topological polar surface area (TPSA) is 46.9 Å². The van der Waals surface area contributed by atoms with Crippen LogP contribution in [0.4, 0.5) is 14.6 Å². The lowest BCUT2D eigenvalue weighted by molar-refractivity contribution is -0.111. The zero-order valence-electron chi connectivity index (χ0n) is 13.9. The zero-order valence-corrected chi connectivity index (χ0v) is 14.6. The minimum atomic E-state index is -2.63. The van der Waals surface area contributed by atoms with Crippen molar-refractivity contribution >= 4 is 29.4 Å². The van der Waals surface area contributed by atoms with Gasteiger partial charge in [-0.15, -0.1) is 0 Å². The molecule has 0 aliphatic rings. The smallest absolute Gasteiger partial charge is 0.249 e. The Bertz CT molecular complexity index is 738. The molecule has 0 unspecified atom stereocenters. The summed E-state index contributed by atoms with van der Waals surface area (Å²) >= 11 is 6.01. The monoisotopic (exact) mass is 367 g/mol. The number of halogens is 3. The van der Waals surface area contributed by atoms with E-state index in [2.05, 4.69) is 10.4 Å². The van der Waals surface area contributed by atoms with Crippen LogP contribution in [0.2, 0.25) is 5.02 Å². The Hall–Kier alpha value is -2.21. The lowest BCUT2D eigenvalue weighted by atomic mass is 10.1. The number of hydrogen-bond acceptors (Lipinski definition) is 2. The summed E-state index contributed by atoms with van der Waals surface area (Å²) in [7, 11) is 0. The number of aromatic nitrogens is 2. The molecule has 0 fully saturated rings. The molecule has 0 aliphatic carbocycles. The second-order valence-electron chi connectivity index (χ2n) is 5.84. The minimum Gasteiger partial charge on any atom is -0.306 e. The van der Waals surface area contributed by atoms with Crippen LogP contribution < -0.4 is 5.32 Å². The predicted octanol–water partition coefficient (Wildman–Crippen LogP) is 5.01. The van der Waals surface area contributed by atoms with Crippen molar-refractivity contribution in [2.45, 2.75) is 38.7 Å². The highest BCUT2D eigenvalue weighted by Gasteiger charge is 2.19. The molecule has 0 radical (unpaired) electrons. The Kier molecular flexibility index (Phi) is 6.70. The molecule has 1 aromatic heterocycles. The maximum Gasteiger partial charge on any atom is 0.249 e. The van der Waals surface area contributed by atoms with E-state index in [0.29, 0.717) is 30.2 Å². The molecule has 1 N–H and O–H groups in total. The van der Waals surface area contributed by atoms with Gasteiger partial charge in [0.05, 0.1) is 0 Å². The van der Waals surface area contributed by atoms with Gasteiger partial charge >= 0.3 is 0 Å². The van der Waals surface area contributed by atoms with Gasteiger partial charge < -0.3 is 5.32 Å². The first-order valence-corrected chi connectivity index (χ1v) is 8.36. The van der Waals surface area contributed by atoms with Crippen molar-refractivity contribution in [1.82, 2.24) is 9.78 Å². The van der Waals surface area contributed by atoms with Crippen molar-refractivity contribution in [3.8, 4) is 0 Å². The minimum absolute atomic E-state index is 0.134. The van der Waals surface area contributed by atoms with Gasteiger partial charge in [0.15, 0.2) is 5.82 Å². The fraction of sp³-hybridized carbons (Fsp3) is 0.333. The summed E-state index contributed by atoms with van der Waals surface area (Å²) in [6.45, 7) is 1.45. The maximum absolute atomic E-state index is 12.7. The van der Waals surface area contributed by atoms with E-state index in [1.807, 2.05) is 12.1 Å². The van der Waals surface area contributed by atoms with E-state index >= 15 is 0 Å². The average Bonchev–Trinajstić information content (AvgIpc) is 2.97. The van der Waals surface area contributed by atoms with Crippen LogP contribution in [0.1, 0.15) is 31.7 Å². The van der Waals surface area contributed by atoms with Crippen LogP contribution in [0, 0.1) is 0 Å². The quantitative estimate of drug-likeness (QED) is 0.526. The van der Waals surface area contributed by atoms with Gasteiger partial charge in [0.2, 0.25) is 11.8 Å². The fourth-order valence-corrected chi connectivity index (χ4v) is 2.40. The van der Waals surface area contributed by atoms with Crippen LogP contribution in [0.5, 0.6) is 0 Å². The fourth-order valence-electron chi connectivity index (χ4n) is 2.21. The van der Waals surface area contributed by atoms with E-state index in [9.17, 15) is 13.6 Å². The SMILES string of the molecule is CC(F)(F)CCCCn1ccc(NC(=O)C=Cc2ccccc2Cl)n1. The van der Waals surface area contributed by atoms with Crippen molar-refractivity contribution in [3.63, 3.8) is 0 Å². The summed E-state index contributed by atoms with van der Waals surface area (Å²) in [5.41, 5.74) is 0.748. The van der Waals surface area contributed by atoms with Gasteiger partial charge in [-0.3, -0.25) is 9.48 Å². The van der Waals surface area contributed by atoms with Gasteiger partial charge in [0.25, 0.3) is 0 Å². The first kappa shape index (κ1) is 19.1. The lowest BCUT2D eigenvalue weighted by Crippen LogP contribution is -2.10. The Balaban J connectivity index is 1.80. The zero-order chi connectivity index (χ0) is 18.3. The van der Waals surface area contributed by atoms with Crippen molar-refractivity contribution in [2.75, 3.05) is 5.32 Å². The molecule has 0 bridgehead atoms. The Morgan fingerprint density at radius 3 is 2.80 bits per heavy atom. The van der Waals surface area contributed by atoms with Gasteiger partial charge in [-0.1, -0.05) is 29.8 Å². The molecule has 0 aliphatic heterocycles. The molecule has 0 saturated carbocycles. The number of anilines is 1. The van der Waals surface area contributed by atoms with Crippen LogP contribution in [-0.2, 0) is 11.3 Å². The third-order valence-corrected chi connectivity index (χ3v) is 3.81. The summed E-state index contributed by atoms with van der Waals surface area (Å²) in [6, 6.07) is 8.86. The van der Waals surface area contributed by atoms with E-state index in [0.717, 1.165) is 12.5 Å². The molecule has 2 aromatic rings. The highest BCUT2D eigenvalue weighted by atomic mass is 35.5. The first-order chi connectivity index (χ1) is 11.8. The van der Waals surface area contributed by atoms with Crippen LogP contribution in [0.3, 0.4) is 0 Å². The van der Waals surface area contributed by atoms with Gasteiger partial charge in [-0.25, -0.2) is 8.78 Å². The normalized spacial score (nSPS) is 11.8. The molecule has 4 nitrogen and oxygen atoms in total. The number of nitrogens with zero attached hydrogens (tertiary/aromatic N) is 2. The Labute approximate surface area is 150 Å². The average molecular weight is 368 g/mol. The van der Waals surface area contributed by atoms with Gasteiger partial charge in [0, 0.05) is 36.3 Å². The first-order valence-electron chi connectivity index (χ1n) is 7.98. The van der Waals surface area contributed by atoms with Crippen molar-refractivity contribution in [1.29, 1.82) is 0 Å².